The average Bonchev–Trinajstić information content (AvgIpc) is 2.41. The minimum Gasteiger partial charge on any atom is -0.435 e. The summed E-state index contributed by atoms with van der Waals surface area (Å²) in [7, 11) is 0. The molecule has 2 nitrogen and oxygen atoms in total. The molecular weight excluding hydrogens is 340 g/mol. The Morgan fingerprint density at radius 3 is 2.57 bits per heavy atom. The summed E-state index contributed by atoms with van der Waals surface area (Å²) in [5, 5.41) is 3.34. The van der Waals surface area contributed by atoms with E-state index in [1.165, 1.54) is 6.07 Å². The smallest absolute Gasteiger partial charge is 0.387 e. The lowest BCUT2D eigenvalue weighted by molar-refractivity contribution is -0.0498. The van der Waals surface area contributed by atoms with Crippen molar-refractivity contribution in [2.24, 2.45) is 0 Å². The van der Waals surface area contributed by atoms with Gasteiger partial charge in [0.1, 0.15) is 5.75 Å². The Hall–Kier alpha value is -1.62. The largest absolute Gasteiger partial charge is 0.435 e. The van der Waals surface area contributed by atoms with E-state index in [0.717, 1.165) is 21.3 Å². The van der Waals surface area contributed by atoms with Crippen molar-refractivity contribution >= 4 is 21.6 Å². The van der Waals surface area contributed by atoms with Crippen molar-refractivity contribution in [2.75, 3.05) is 5.32 Å². The van der Waals surface area contributed by atoms with E-state index in [-0.39, 0.29) is 11.8 Å². The molecule has 0 aliphatic heterocycles. The van der Waals surface area contributed by atoms with Gasteiger partial charge < -0.3 is 10.1 Å². The quantitative estimate of drug-likeness (QED) is 0.760. The van der Waals surface area contributed by atoms with Crippen LogP contribution in [0.2, 0.25) is 0 Å². The van der Waals surface area contributed by atoms with E-state index in [9.17, 15) is 8.78 Å². The van der Waals surface area contributed by atoms with Gasteiger partial charge in [0.2, 0.25) is 0 Å². The molecule has 1 unspecified atom stereocenters. The Kier molecular flexibility index (Phi) is 5.17. The second-order valence-electron chi connectivity index (χ2n) is 4.80. The third-order valence-corrected chi connectivity index (χ3v) is 3.74. The molecule has 0 aromatic heterocycles. The Balaban J connectivity index is 2.14. The van der Waals surface area contributed by atoms with E-state index in [1.807, 2.05) is 38.1 Å². The fourth-order valence-electron chi connectivity index (χ4n) is 2.01. The van der Waals surface area contributed by atoms with Crippen LogP contribution in [0.1, 0.15) is 24.1 Å². The van der Waals surface area contributed by atoms with Gasteiger partial charge in [-0.2, -0.15) is 8.78 Å². The highest BCUT2D eigenvalue weighted by atomic mass is 79.9. The highest BCUT2D eigenvalue weighted by Gasteiger charge is 2.10. The predicted octanol–water partition coefficient (Wildman–Crippen LogP) is 5.53. The van der Waals surface area contributed by atoms with Crippen LogP contribution in [0.4, 0.5) is 14.5 Å². The van der Waals surface area contributed by atoms with Crippen LogP contribution >= 0.6 is 15.9 Å². The van der Waals surface area contributed by atoms with Crippen LogP contribution in [0, 0.1) is 6.92 Å². The molecular formula is C16H16BrF2NO. The third-order valence-electron chi connectivity index (χ3n) is 3.08. The van der Waals surface area contributed by atoms with E-state index in [4.69, 9.17) is 0 Å². The SMILES string of the molecule is Cc1ccc(NC(C)c2cccc(OC(F)F)c2)c(Br)c1. The first-order chi connectivity index (χ1) is 9.95. The molecule has 21 heavy (non-hydrogen) atoms. The van der Waals surface area contributed by atoms with Gasteiger partial charge in [-0.15, -0.1) is 0 Å². The molecule has 2 aromatic carbocycles. The van der Waals surface area contributed by atoms with E-state index in [2.05, 4.69) is 26.0 Å². The zero-order valence-corrected chi connectivity index (χ0v) is 13.3. The Labute approximate surface area is 131 Å². The van der Waals surface area contributed by atoms with Crippen molar-refractivity contribution in [3.8, 4) is 5.75 Å². The number of halogens is 3. The summed E-state index contributed by atoms with van der Waals surface area (Å²) in [6, 6.07) is 12.7. The summed E-state index contributed by atoms with van der Waals surface area (Å²) in [6.07, 6.45) is 0. The lowest BCUT2D eigenvalue weighted by Crippen LogP contribution is -2.08. The van der Waals surface area contributed by atoms with Crippen molar-refractivity contribution in [1.82, 2.24) is 0 Å². The van der Waals surface area contributed by atoms with Crippen molar-refractivity contribution in [3.63, 3.8) is 0 Å². The number of benzene rings is 2. The van der Waals surface area contributed by atoms with Crippen molar-refractivity contribution in [3.05, 3.63) is 58.1 Å². The summed E-state index contributed by atoms with van der Waals surface area (Å²) in [5.74, 6) is 0.166. The third kappa shape index (κ3) is 4.43. The second-order valence-corrected chi connectivity index (χ2v) is 5.65. The summed E-state index contributed by atoms with van der Waals surface area (Å²) in [5.41, 5.74) is 2.99. The minimum absolute atomic E-state index is 0.0368. The molecule has 1 N–H and O–H groups in total. The van der Waals surface area contributed by atoms with Gasteiger partial charge in [-0.1, -0.05) is 18.2 Å². The number of anilines is 1. The predicted molar refractivity (Wildman–Crippen MR) is 84.0 cm³/mol. The zero-order valence-electron chi connectivity index (χ0n) is 11.7. The van der Waals surface area contributed by atoms with Gasteiger partial charge in [0.05, 0.1) is 0 Å². The fraction of sp³-hybridized carbons (Fsp3) is 0.250. The maximum Gasteiger partial charge on any atom is 0.387 e. The normalized spacial score (nSPS) is 12.3. The number of hydrogen-bond acceptors (Lipinski definition) is 2. The molecule has 0 saturated carbocycles. The van der Waals surface area contributed by atoms with Crippen LogP contribution in [-0.4, -0.2) is 6.61 Å². The topological polar surface area (TPSA) is 21.3 Å². The van der Waals surface area contributed by atoms with Crippen molar-refractivity contribution < 1.29 is 13.5 Å². The van der Waals surface area contributed by atoms with E-state index in [1.54, 1.807) is 12.1 Å². The highest BCUT2D eigenvalue weighted by molar-refractivity contribution is 9.10. The molecule has 0 saturated heterocycles. The lowest BCUT2D eigenvalue weighted by Gasteiger charge is -2.18. The number of aryl methyl sites for hydroxylation is 1. The van der Waals surface area contributed by atoms with Gasteiger partial charge in [-0.25, -0.2) is 0 Å². The minimum atomic E-state index is -2.81. The Morgan fingerprint density at radius 1 is 1.14 bits per heavy atom. The molecule has 0 spiro atoms. The van der Waals surface area contributed by atoms with Crippen LogP contribution < -0.4 is 10.1 Å². The Bertz CT molecular complexity index is 619. The number of nitrogens with one attached hydrogen (secondary N) is 1. The highest BCUT2D eigenvalue weighted by Crippen LogP contribution is 2.28. The number of hydrogen-bond donors (Lipinski definition) is 1. The van der Waals surface area contributed by atoms with Crippen LogP contribution in [0.5, 0.6) is 5.75 Å². The van der Waals surface area contributed by atoms with Gasteiger partial charge in [0, 0.05) is 16.2 Å². The van der Waals surface area contributed by atoms with Gasteiger partial charge in [0.25, 0.3) is 0 Å². The second kappa shape index (κ2) is 6.89. The molecule has 112 valence electrons. The molecule has 0 amide bonds. The summed E-state index contributed by atoms with van der Waals surface area (Å²) < 4.78 is 29.9. The molecule has 0 aliphatic carbocycles. The number of alkyl halides is 2. The van der Waals surface area contributed by atoms with Gasteiger partial charge in [0.15, 0.2) is 0 Å². The van der Waals surface area contributed by atoms with Crippen LogP contribution in [0.3, 0.4) is 0 Å². The molecule has 2 rings (SSSR count). The molecule has 1 atom stereocenters. The van der Waals surface area contributed by atoms with E-state index < -0.39 is 6.61 Å². The van der Waals surface area contributed by atoms with E-state index >= 15 is 0 Å². The molecule has 0 heterocycles. The van der Waals surface area contributed by atoms with Crippen molar-refractivity contribution in [2.45, 2.75) is 26.5 Å². The first-order valence-electron chi connectivity index (χ1n) is 6.53. The Morgan fingerprint density at radius 2 is 1.90 bits per heavy atom. The first kappa shape index (κ1) is 15.8. The lowest BCUT2D eigenvalue weighted by atomic mass is 10.1. The van der Waals surface area contributed by atoms with Crippen LogP contribution in [0.25, 0.3) is 0 Å². The molecule has 5 heteroatoms. The molecule has 0 fully saturated rings. The molecule has 2 aromatic rings. The average molecular weight is 356 g/mol. The molecule has 0 aliphatic rings. The number of ether oxygens (including phenoxy) is 1. The summed E-state index contributed by atoms with van der Waals surface area (Å²) in [4.78, 5) is 0. The van der Waals surface area contributed by atoms with Crippen molar-refractivity contribution in [1.29, 1.82) is 0 Å². The zero-order chi connectivity index (χ0) is 15.4. The summed E-state index contributed by atoms with van der Waals surface area (Å²) >= 11 is 3.51. The van der Waals surface area contributed by atoms with E-state index in [0.29, 0.717) is 0 Å². The maximum absolute atomic E-state index is 12.2. The molecule has 0 radical (unpaired) electrons. The fourth-order valence-corrected chi connectivity index (χ4v) is 2.62. The first-order valence-corrected chi connectivity index (χ1v) is 7.32. The van der Waals surface area contributed by atoms with Gasteiger partial charge in [-0.3, -0.25) is 0 Å². The summed E-state index contributed by atoms with van der Waals surface area (Å²) in [6.45, 7) is 1.17. The van der Waals surface area contributed by atoms with Gasteiger partial charge in [-0.05, 0) is 65.2 Å². The monoisotopic (exact) mass is 355 g/mol. The standard InChI is InChI=1S/C16H16BrF2NO/c1-10-6-7-15(14(17)8-10)20-11(2)12-4-3-5-13(9-12)21-16(18)19/h3-9,11,16,20H,1-2H3. The molecule has 0 bridgehead atoms. The number of rotatable bonds is 5. The van der Waals surface area contributed by atoms with Crippen LogP contribution in [0.15, 0.2) is 46.9 Å². The van der Waals surface area contributed by atoms with Crippen LogP contribution in [-0.2, 0) is 0 Å². The van der Waals surface area contributed by atoms with Gasteiger partial charge >= 0.3 is 6.61 Å². The maximum atomic E-state index is 12.2.